The summed E-state index contributed by atoms with van der Waals surface area (Å²) in [5, 5.41) is 6.91. The number of carbonyl (C=O) groups excluding carboxylic acids is 1. The Morgan fingerprint density at radius 3 is 3.00 bits per heavy atom. The molecule has 0 aromatic carbocycles. The number of anilines is 1. The zero-order valence-corrected chi connectivity index (χ0v) is 8.16. The molecule has 1 fully saturated rings. The van der Waals surface area contributed by atoms with Gasteiger partial charge in [0.1, 0.15) is 12.4 Å². The van der Waals surface area contributed by atoms with Crippen molar-refractivity contribution in [1.82, 2.24) is 15.1 Å². The van der Waals surface area contributed by atoms with E-state index in [-0.39, 0.29) is 12.5 Å². The van der Waals surface area contributed by atoms with Gasteiger partial charge in [-0.15, -0.1) is 0 Å². The molecule has 0 unspecified atom stereocenters. The molecule has 0 atom stereocenters. The van der Waals surface area contributed by atoms with Gasteiger partial charge in [0.15, 0.2) is 0 Å². The Morgan fingerprint density at radius 1 is 1.79 bits per heavy atom. The summed E-state index contributed by atoms with van der Waals surface area (Å²) < 4.78 is 1.62. The standard InChI is InChI=1S/C9H14N4O/c1-6-4-8(10)12-13(6)5-9(14)11-7-2-3-7/h4,7H,2-3,5H2,1H3,(H2,10,12)(H,11,14). The van der Waals surface area contributed by atoms with Crippen molar-refractivity contribution in [3.8, 4) is 0 Å². The molecule has 1 aliphatic rings. The SMILES string of the molecule is Cc1cc(N)nn1CC(=O)NC1CC1. The number of nitrogen functional groups attached to an aromatic ring is 1. The van der Waals surface area contributed by atoms with Gasteiger partial charge in [0.25, 0.3) is 0 Å². The lowest BCUT2D eigenvalue weighted by Gasteiger charge is -2.04. The van der Waals surface area contributed by atoms with Crippen LogP contribution in [0.15, 0.2) is 6.07 Å². The molecular formula is C9H14N4O. The molecule has 0 aliphatic heterocycles. The molecule has 0 bridgehead atoms. The van der Waals surface area contributed by atoms with E-state index in [1.54, 1.807) is 10.7 Å². The fourth-order valence-corrected chi connectivity index (χ4v) is 1.33. The maximum absolute atomic E-state index is 11.4. The molecule has 0 spiro atoms. The maximum atomic E-state index is 11.4. The van der Waals surface area contributed by atoms with Crippen molar-refractivity contribution in [3.05, 3.63) is 11.8 Å². The van der Waals surface area contributed by atoms with Gasteiger partial charge in [-0.2, -0.15) is 5.10 Å². The summed E-state index contributed by atoms with van der Waals surface area (Å²) in [6, 6.07) is 2.15. The van der Waals surface area contributed by atoms with Crippen LogP contribution in [0.3, 0.4) is 0 Å². The number of hydrogen-bond donors (Lipinski definition) is 2. The van der Waals surface area contributed by atoms with Crippen molar-refractivity contribution < 1.29 is 4.79 Å². The van der Waals surface area contributed by atoms with E-state index in [9.17, 15) is 4.79 Å². The van der Waals surface area contributed by atoms with Gasteiger partial charge in [-0.1, -0.05) is 0 Å². The van der Waals surface area contributed by atoms with Crippen LogP contribution in [0.2, 0.25) is 0 Å². The molecule has 1 aromatic heterocycles. The molecule has 1 aromatic rings. The quantitative estimate of drug-likeness (QED) is 0.714. The van der Waals surface area contributed by atoms with E-state index in [0.29, 0.717) is 11.9 Å². The number of rotatable bonds is 3. The number of hydrogen-bond acceptors (Lipinski definition) is 3. The molecule has 1 heterocycles. The zero-order valence-electron chi connectivity index (χ0n) is 8.16. The van der Waals surface area contributed by atoms with Gasteiger partial charge in [-0.3, -0.25) is 9.48 Å². The third-order valence-electron chi connectivity index (χ3n) is 2.24. The predicted octanol–water partition coefficient (Wildman–Crippen LogP) is 0.0523. The van der Waals surface area contributed by atoms with Crippen molar-refractivity contribution in [2.75, 3.05) is 5.73 Å². The highest BCUT2D eigenvalue weighted by atomic mass is 16.2. The zero-order chi connectivity index (χ0) is 10.1. The van der Waals surface area contributed by atoms with Gasteiger partial charge >= 0.3 is 0 Å². The molecule has 0 radical (unpaired) electrons. The largest absolute Gasteiger partial charge is 0.382 e. The molecule has 14 heavy (non-hydrogen) atoms. The third kappa shape index (κ3) is 2.04. The molecule has 1 saturated carbocycles. The first-order chi connectivity index (χ1) is 6.65. The van der Waals surface area contributed by atoms with Crippen LogP contribution in [-0.2, 0) is 11.3 Å². The summed E-state index contributed by atoms with van der Waals surface area (Å²) in [7, 11) is 0. The molecule has 2 rings (SSSR count). The number of aryl methyl sites for hydroxylation is 1. The predicted molar refractivity (Wildman–Crippen MR) is 52.5 cm³/mol. The first-order valence-corrected chi connectivity index (χ1v) is 4.74. The maximum Gasteiger partial charge on any atom is 0.241 e. The van der Waals surface area contributed by atoms with E-state index in [2.05, 4.69) is 10.4 Å². The van der Waals surface area contributed by atoms with Crippen molar-refractivity contribution in [3.63, 3.8) is 0 Å². The van der Waals surface area contributed by atoms with Gasteiger partial charge in [0, 0.05) is 17.8 Å². The normalized spacial score (nSPS) is 15.5. The summed E-state index contributed by atoms with van der Waals surface area (Å²) >= 11 is 0. The highest BCUT2D eigenvalue weighted by Crippen LogP contribution is 2.18. The number of carbonyl (C=O) groups is 1. The van der Waals surface area contributed by atoms with Crippen molar-refractivity contribution in [2.45, 2.75) is 32.4 Å². The number of amides is 1. The molecule has 1 aliphatic carbocycles. The Bertz CT molecular complexity index is 354. The Balaban J connectivity index is 1.95. The smallest absolute Gasteiger partial charge is 0.241 e. The second-order valence-electron chi connectivity index (χ2n) is 3.71. The lowest BCUT2D eigenvalue weighted by atomic mass is 10.4. The summed E-state index contributed by atoms with van der Waals surface area (Å²) in [6.45, 7) is 2.15. The molecule has 76 valence electrons. The number of nitrogens with one attached hydrogen (secondary N) is 1. The fourth-order valence-electron chi connectivity index (χ4n) is 1.33. The van der Waals surface area contributed by atoms with E-state index < -0.39 is 0 Å². The van der Waals surface area contributed by atoms with E-state index in [1.165, 1.54) is 0 Å². The lowest BCUT2D eigenvalue weighted by molar-refractivity contribution is -0.122. The molecule has 0 saturated heterocycles. The molecule has 3 N–H and O–H groups in total. The Hall–Kier alpha value is -1.52. The van der Waals surface area contributed by atoms with Gasteiger partial charge in [-0.25, -0.2) is 0 Å². The lowest BCUT2D eigenvalue weighted by Crippen LogP contribution is -2.30. The summed E-state index contributed by atoms with van der Waals surface area (Å²) in [6.07, 6.45) is 2.21. The Labute approximate surface area is 82.3 Å². The third-order valence-corrected chi connectivity index (χ3v) is 2.24. The number of nitrogens with two attached hydrogens (primary N) is 1. The van der Waals surface area contributed by atoms with Gasteiger partial charge in [0.2, 0.25) is 5.91 Å². The molecular weight excluding hydrogens is 180 g/mol. The highest BCUT2D eigenvalue weighted by Gasteiger charge is 2.23. The molecule has 1 amide bonds. The number of nitrogens with zero attached hydrogens (tertiary/aromatic N) is 2. The average molecular weight is 194 g/mol. The summed E-state index contributed by atoms with van der Waals surface area (Å²) in [5.41, 5.74) is 6.42. The second kappa shape index (κ2) is 3.32. The summed E-state index contributed by atoms with van der Waals surface area (Å²) in [5.74, 6) is 0.473. The average Bonchev–Trinajstić information content (AvgIpc) is 2.81. The van der Waals surface area contributed by atoms with Crippen molar-refractivity contribution in [1.29, 1.82) is 0 Å². The van der Waals surface area contributed by atoms with Gasteiger partial charge in [0.05, 0.1) is 0 Å². The minimum Gasteiger partial charge on any atom is -0.382 e. The van der Waals surface area contributed by atoms with Crippen molar-refractivity contribution in [2.24, 2.45) is 0 Å². The Morgan fingerprint density at radius 2 is 2.50 bits per heavy atom. The molecule has 5 nitrogen and oxygen atoms in total. The first kappa shape index (κ1) is 9.05. The van der Waals surface area contributed by atoms with E-state index in [0.717, 1.165) is 18.5 Å². The first-order valence-electron chi connectivity index (χ1n) is 4.74. The van der Waals surface area contributed by atoms with Crippen LogP contribution in [0.4, 0.5) is 5.82 Å². The van der Waals surface area contributed by atoms with Crippen molar-refractivity contribution >= 4 is 11.7 Å². The van der Waals surface area contributed by atoms with Crippen LogP contribution < -0.4 is 11.1 Å². The van der Waals surface area contributed by atoms with Gasteiger partial charge < -0.3 is 11.1 Å². The Kier molecular flexibility index (Phi) is 2.15. The topological polar surface area (TPSA) is 72.9 Å². The van der Waals surface area contributed by atoms with E-state index in [1.807, 2.05) is 6.92 Å². The van der Waals surface area contributed by atoms with E-state index >= 15 is 0 Å². The monoisotopic (exact) mass is 194 g/mol. The minimum atomic E-state index is 0.0127. The summed E-state index contributed by atoms with van der Waals surface area (Å²) in [4.78, 5) is 11.4. The van der Waals surface area contributed by atoms with Crippen LogP contribution in [0.1, 0.15) is 18.5 Å². The van der Waals surface area contributed by atoms with E-state index in [4.69, 9.17) is 5.73 Å². The van der Waals surface area contributed by atoms with Gasteiger partial charge in [-0.05, 0) is 19.8 Å². The number of aromatic nitrogens is 2. The van der Waals surface area contributed by atoms with Crippen LogP contribution in [0.5, 0.6) is 0 Å². The molecule has 5 heteroatoms. The van der Waals surface area contributed by atoms with Crippen LogP contribution in [0.25, 0.3) is 0 Å². The minimum absolute atomic E-state index is 0.0127. The fraction of sp³-hybridized carbons (Fsp3) is 0.556. The van der Waals surface area contributed by atoms with Crippen LogP contribution >= 0.6 is 0 Å². The highest BCUT2D eigenvalue weighted by molar-refractivity contribution is 5.76. The second-order valence-corrected chi connectivity index (χ2v) is 3.71. The van der Waals surface area contributed by atoms with Crippen LogP contribution in [-0.4, -0.2) is 21.7 Å². The van der Waals surface area contributed by atoms with Crippen LogP contribution in [0, 0.1) is 6.92 Å².